The molecule has 0 aliphatic carbocycles. The number of aryl methyl sites for hydroxylation is 1. The number of fused-ring (bicyclic) bond motifs is 1. The molecule has 0 radical (unpaired) electrons. The van der Waals surface area contributed by atoms with Gasteiger partial charge in [-0.25, -0.2) is 13.9 Å². The Hall–Kier alpha value is -2.41. The first-order valence-electron chi connectivity index (χ1n) is 8.51. The van der Waals surface area contributed by atoms with Gasteiger partial charge in [0.15, 0.2) is 5.65 Å². The number of carbonyl (C=O) groups excluding carboxylic acids is 1. The number of hydrogen-bond acceptors (Lipinski definition) is 4. The molecule has 1 atom stereocenters. The van der Waals surface area contributed by atoms with Crippen LogP contribution >= 0.6 is 11.8 Å². The van der Waals surface area contributed by atoms with E-state index < -0.39 is 0 Å². The number of halogens is 1. The van der Waals surface area contributed by atoms with Crippen LogP contribution in [0.15, 0.2) is 41.6 Å². The van der Waals surface area contributed by atoms with Crippen LogP contribution in [0.1, 0.15) is 26.0 Å². The molecule has 0 aliphatic rings. The summed E-state index contributed by atoms with van der Waals surface area (Å²) in [7, 11) is 0. The average molecular weight is 372 g/mol. The van der Waals surface area contributed by atoms with E-state index in [4.69, 9.17) is 0 Å². The fourth-order valence-electron chi connectivity index (χ4n) is 2.54. The number of aromatic nitrogens is 3. The van der Waals surface area contributed by atoms with Crippen LogP contribution in [0.4, 0.5) is 4.39 Å². The van der Waals surface area contributed by atoms with E-state index in [1.165, 1.54) is 23.9 Å². The number of amides is 1. The highest BCUT2D eigenvalue weighted by Gasteiger charge is 2.14. The fourth-order valence-corrected chi connectivity index (χ4v) is 3.42. The maximum Gasteiger partial charge on any atom is 0.230 e. The number of thioether (sulfide) groups is 1. The van der Waals surface area contributed by atoms with Gasteiger partial charge in [-0.3, -0.25) is 4.79 Å². The molecule has 0 spiro atoms. The maximum absolute atomic E-state index is 13.2. The van der Waals surface area contributed by atoms with E-state index >= 15 is 0 Å². The lowest BCUT2D eigenvalue weighted by Crippen LogP contribution is -2.33. The summed E-state index contributed by atoms with van der Waals surface area (Å²) in [6.07, 6.45) is 2.62. The zero-order valence-corrected chi connectivity index (χ0v) is 15.8. The quantitative estimate of drug-likeness (QED) is 0.527. The van der Waals surface area contributed by atoms with Crippen molar-refractivity contribution in [2.45, 2.75) is 38.3 Å². The zero-order valence-electron chi connectivity index (χ0n) is 15.0. The molecule has 3 aromatic rings. The van der Waals surface area contributed by atoms with Crippen LogP contribution in [0.3, 0.4) is 0 Å². The van der Waals surface area contributed by atoms with Crippen LogP contribution in [-0.4, -0.2) is 32.3 Å². The number of rotatable bonds is 6. The molecule has 26 heavy (non-hydrogen) atoms. The van der Waals surface area contributed by atoms with Crippen molar-refractivity contribution in [2.24, 2.45) is 0 Å². The highest BCUT2D eigenvalue weighted by molar-refractivity contribution is 7.99. The number of nitrogens with one attached hydrogen (secondary N) is 1. The molecule has 0 bridgehead atoms. The molecule has 0 saturated heterocycles. The van der Waals surface area contributed by atoms with E-state index in [0.29, 0.717) is 11.4 Å². The smallest absolute Gasteiger partial charge is 0.230 e. The van der Waals surface area contributed by atoms with Crippen molar-refractivity contribution in [3.63, 3.8) is 0 Å². The lowest BCUT2D eigenvalue weighted by atomic mass is 10.1. The van der Waals surface area contributed by atoms with Crippen LogP contribution in [0, 0.1) is 12.7 Å². The summed E-state index contributed by atoms with van der Waals surface area (Å²) < 4.78 is 14.9. The summed E-state index contributed by atoms with van der Waals surface area (Å²) in [6, 6.07) is 8.34. The van der Waals surface area contributed by atoms with Crippen LogP contribution < -0.4 is 5.32 Å². The number of hydrogen-bond donors (Lipinski definition) is 1. The highest BCUT2D eigenvalue weighted by Crippen LogP contribution is 2.27. The van der Waals surface area contributed by atoms with E-state index in [-0.39, 0.29) is 17.8 Å². The predicted octanol–water partition coefficient (Wildman–Crippen LogP) is 3.85. The van der Waals surface area contributed by atoms with Gasteiger partial charge in [0, 0.05) is 17.3 Å². The maximum atomic E-state index is 13.2. The minimum Gasteiger partial charge on any atom is -0.353 e. The monoisotopic (exact) mass is 372 g/mol. The van der Waals surface area contributed by atoms with Crippen LogP contribution in [0.2, 0.25) is 0 Å². The van der Waals surface area contributed by atoms with Crippen LogP contribution in [-0.2, 0) is 4.79 Å². The Bertz CT molecular complexity index is 923. The van der Waals surface area contributed by atoms with Gasteiger partial charge in [-0.05, 0) is 44.0 Å². The molecule has 7 heteroatoms. The minimum atomic E-state index is -0.280. The second kappa shape index (κ2) is 7.86. The Morgan fingerprint density at radius 1 is 1.35 bits per heavy atom. The van der Waals surface area contributed by atoms with Gasteiger partial charge in [0.05, 0.1) is 11.9 Å². The molecule has 2 heterocycles. The van der Waals surface area contributed by atoms with Gasteiger partial charge in [0.25, 0.3) is 0 Å². The Morgan fingerprint density at radius 2 is 2.08 bits per heavy atom. The van der Waals surface area contributed by atoms with Gasteiger partial charge >= 0.3 is 0 Å². The molecule has 5 nitrogen and oxygen atoms in total. The molecule has 1 unspecified atom stereocenters. The summed E-state index contributed by atoms with van der Waals surface area (Å²) in [4.78, 5) is 16.6. The topological polar surface area (TPSA) is 59.3 Å². The Balaban J connectivity index is 1.88. The predicted molar refractivity (Wildman–Crippen MR) is 102 cm³/mol. The summed E-state index contributed by atoms with van der Waals surface area (Å²) in [5.41, 5.74) is 3.22. The van der Waals surface area contributed by atoms with Crippen LogP contribution in [0.25, 0.3) is 16.8 Å². The van der Waals surface area contributed by atoms with Crippen molar-refractivity contribution < 1.29 is 9.18 Å². The first-order valence-corrected chi connectivity index (χ1v) is 9.50. The molecule has 1 N–H and O–H groups in total. The normalized spacial score (nSPS) is 12.3. The Kier molecular flexibility index (Phi) is 5.56. The molecule has 136 valence electrons. The average Bonchev–Trinajstić information content (AvgIpc) is 3.04. The van der Waals surface area contributed by atoms with E-state index in [1.807, 2.05) is 26.8 Å². The SMILES string of the molecule is CCC(C)NC(=O)CSc1cc(C)nc2c(-c3ccc(F)cc3)cnn12. The standard InChI is InChI=1S/C19H21FN4OS/c1-4-12(2)22-17(25)11-26-18-9-13(3)23-19-16(10-21-24(18)19)14-5-7-15(20)8-6-14/h5-10,12H,4,11H2,1-3H3,(H,22,25). The van der Waals surface area contributed by atoms with Crippen molar-refractivity contribution in [1.29, 1.82) is 0 Å². The second-order valence-electron chi connectivity index (χ2n) is 6.20. The molecule has 1 aromatic carbocycles. The lowest BCUT2D eigenvalue weighted by Gasteiger charge is -2.11. The van der Waals surface area contributed by atoms with Gasteiger partial charge in [-0.1, -0.05) is 30.8 Å². The summed E-state index contributed by atoms with van der Waals surface area (Å²) >= 11 is 1.42. The summed E-state index contributed by atoms with van der Waals surface area (Å²) in [5.74, 6) is 0.0325. The largest absolute Gasteiger partial charge is 0.353 e. The number of nitrogens with zero attached hydrogens (tertiary/aromatic N) is 3. The third-order valence-electron chi connectivity index (χ3n) is 4.09. The lowest BCUT2D eigenvalue weighted by molar-refractivity contribution is -0.119. The van der Waals surface area contributed by atoms with Gasteiger partial charge in [0.2, 0.25) is 5.91 Å². The van der Waals surface area contributed by atoms with Crippen LogP contribution in [0.5, 0.6) is 0 Å². The molecule has 0 saturated carbocycles. The van der Waals surface area contributed by atoms with Gasteiger partial charge in [-0.2, -0.15) is 5.10 Å². The van der Waals surface area contributed by atoms with Gasteiger partial charge < -0.3 is 5.32 Å². The summed E-state index contributed by atoms with van der Waals surface area (Å²) in [6.45, 7) is 5.93. The van der Waals surface area contributed by atoms with Crippen molar-refractivity contribution in [3.8, 4) is 11.1 Å². The van der Waals surface area contributed by atoms with E-state index in [2.05, 4.69) is 15.4 Å². The van der Waals surface area contributed by atoms with Crippen molar-refractivity contribution in [2.75, 3.05) is 5.75 Å². The number of carbonyl (C=O) groups is 1. The minimum absolute atomic E-state index is 0.00196. The Morgan fingerprint density at radius 3 is 2.77 bits per heavy atom. The van der Waals surface area contributed by atoms with E-state index in [9.17, 15) is 9.18 Å². The van der Waals surface area contributed by atoms with Gasteiger partial charge in [-0.15, -0.1) is 0 Å². The third-order valence-corrected chi connectivity index (χ3v) is 5.09. The summed E-state index contributed by atoms with van der Waals surface area (Å²) in [5, 5.41) is 8.23. The third kappa shape index (κ3) is 4.04. The second-order valence-corrected chi connectivity index (χ2v) is 7.20. The molecule has 3 rings (SSSR count). The highest BCUT2D eigenvalue weighted by atomic mass is 32.2. The molecule has 0 fully saturated rings. The molecule has 1 amide bonds. The molecule has 0 aliphatic heterocycles. The molecular formula is C19H21FN4OS. The fraction of sp³-hybridized carbons (Fsp3) is 0.316. The van der Waals surface area contributed by atoms with E-state index in [1.54, 1.807) is 22.8 Å². The molecular weight excluding hydrogens is 351 g/mol. The van der Waals surface area contributed by atoms with Crippen molar-refractivity contribution >= 4 is 23.3 Å². The Labute approximate surface area is 156 Å². The van der Waals surface area contributed by atoms with Crippen molar-refractivity contribution in [1.82, 2.24) is 19.9 Å². The van der Waals surface area contributed by atoms with Crippen molar-refractivity contribution in [3.05, 3.63) is 48.0 Å². The zero-order chi connectivity index (χ0) is 18.7. The van der Waals surface area contributed by atoms with E-state index in [0.717, 1.165) is 28.3 Å². The number of benzene rings is 1. The molecule has 2 aromatic heterocycles. The van der Waals surface area contributed by atoms with Gasteiger partial charge in [0.1, 0.15) is 10.8 Å². The first kappa shape index (κ1) is 18.4. The first-order chi connectivity index (χ1) is 12.5.